The first kappa shape index (κ1) is 8.90. The summed E-state index contributed by atoms with van der Waals surface area (Å²) in [5.41, 5.74) is 0. The van der Waals surface area contributed by atoms with Gasteiger partial charge in [0.2, 0.25) is 6.79 Å². The van der Waals surface area contributed by atoms with Gasteiger partial charge in [0.1, 0.15) is 6.61 Å². The number of carbonyl (C=O) groups is 2. The molecule has 0 amide bonds. The second-order valence-electron chi connectivity index (χ2n) is 1.43. The first-order valence-corrected chi connectivity index (χ1v) is 2.56. The second-order valence-corrected chi connectivity index (χ2v) is 1.43. The molecule has 0 rings (SSSR count). The highest BCUT2D eigenvalue weighted by Crippen LogP contribution is 1.79. The Hall–Kier alpha value is -1.10. The van der Waals surface area contributed by atoms with Gasteiger partial charge in [0.05, 0.1) is 0 Å². The number of rotatable bonds is 3. The molecule has 0 aromatic heterocycles. The van der Waals surface area contributed by atoms with E-state index >= 15 is 0 Å². The van der Waals surface area contributed by atoms with E-state index in [1.807, 2.05) is 0 Å². The van der Waals surface area contributed by atoms with Gasteiger partial charge in [-0.05, 0) is 0 Å². The molecular formula is C5H8O5. The predicted octanol–water partition coefficient (Wildman–Crippen LogP) is -0.958. The molecule has 0 spiro atoms. The summed E-state index contributed by atoms with van der Waals surface area (Å²) in [7, 11) is 0. The van der Waals surface area contributed by atoms with Crippen LogP contribution < -0.4 is 0 Å². The van der Waals surface area contributed by atoms with Crippen LogP contribution in [0.3, 0.4) is 0 Å². The molecular weight excluding hydrogens is 140 g/mol. The van der Waals surface area contributed by atoms with Crippen LogP contribution >= 0.6 is 0 Å². The van der Waals surface area contributed by atoms with Crippen LogP contribution in [-0.2, 0) is 19.1 Å². The number of ether oxygens (including phenoxy) is 2. The number of aliphatic hydroxyl groups excluding tert-OH is 1. The van der Waals surface area contributed by atoms with E-state index in [-0.39, 0.29) is 0 Å². The Morgan fingerprint density at radius 2 is 2.00 bits per heavy atom. The summed E-state index contributed by atoms with van der Waals surface area (Å²) >= 11 is 0. The van der Waals surface area contributed by atoms with Crippen molar-refractivity contribution in [2.45, 2.75) is 6.92 Å². The first-order chi connectivity index (χ1) is 4.66. The average Bonchev–Trinajstić information content (AvgIpc) is 1.87. The van der Waals surface area contributed by atoms with Crippen molar-refractivity contribution >= 4 is 11.9 Å². The quantitative estimate of drug-likeness (QED) is 0.412. The van der Waals surface area contributed by atoms with Gasteiger partial charge in [-0.3, -0.25) is 4.79 Å². The number of hydrogen-bond acceptors (Lipinski definition) is 5. The van der Waals surface area contributed by atoms with Crippen molar-refractivity contribution in [3.8, 4) is 0 Å². The number of aliphatic hydroxyl groups is 1. The molecule has 0 atom stereocenters. The monoisotopic (exact) mass is 148 g/mol. The fourth-order valence-electron chi connectivity index (χ4n) is 0.224. The van der Waals surface area contributed by atoms with E-state index in [0.29, 0.717) is 0 Å². The lowest BCUT2D eigenvalue weighted by Gasteiger charge is -2.00. The highest BCUT2D eigenvalue weighted by Gasteiger charge is 1.98. The molecule has 0 heterocycles. The third kappa shape index (κ3) is 5.04. The van der Waals surface area contributed by atoms with E-state index < -0.39 is 25.3 Å². The minimum Gasteiger partial charge on any atom is -0.428 e. The van der Waals surface area contributed by atoms with Gasteiger partial charge in [-0.2, -0.15) is 0 Å². The molecule has 0 aliphatic rings. The van der Waals surface area contributed by atoms with Crippen LogP contribution in [0.15, 0.2) is 0 Å². The van der Waals surface area contributed by atoms with Gasteiger partial charge >= 0.3 is 11.9 Å². The maximum absolute atomic E-state index is 10.1. The molecule has 1 N–H and O–H groups in total. The highest BCUT2D eigenvalue weighted by molar-refractivity contribution is 5.70. The molecule has 0 bridgehead atoms. The van der Waals surface area contributed by atoms with Crippen molar-refractivity contribution in [3.63, 3.8) is 0 Å². The van der Waals surface area contributed by atoms with E-state index in [4.69, 9.17) is 5.11 Å². The summed E-state index contributed by atoms with van der Waals surface area (Å²) in [6.45, 7) is 0.0444. The van der Waals surface area contributed by atoms with Gasteiger partial charge in [-0.25, -0.2) is 4.79 Å². The summed E-state index contributed by atoms with van der Waals surface area (Å²) < 4.78 is 8.39. The third-order valence-electron chi connectivity index (χ3n) is 0.611. The topological polar surface area (TPSA) is 72.8 Å². The Labute approximate surface area is 57.5 Å². The number of esters is 2. The normalized spacial score (nSPS) is 8.60. The van der Waals surface area contributed by atoms with Crippen LogP contribution in [0.25, 0.3) is 0 Å². The standard InChI is InChI=1S/C5H8O5/c1-4(7)9-3-10-5(8)2-6/h6H,2-3H2,1H3. The van der Waals surface area contributed by atoms with Crippen LogP contribution in [0, 0.1) is 0 Å². The minimum absolute atomic E-state index is 0.436. The zero-order valence-corrected chi connectivity index (χ0v) is 5.49. The highest BCUT2D eigenvalue weighted by atomic mass is 16.7. The smallest absolute Gasteiger partial charge is 0.334 e. The molecule has 10 heavy (non-hydrogen) atoms. The van der Waals surface area contributed by atoms with E-state index in [0.717, 1.165) is 0 Å². The summed E-state index contributed by atoms with van der Waals surface area (Å²) in [6.07, 6.45) is 0. The Morgan fingerprint density at radius 1 is 1.40 bits per heavy atom. The Kier molecular flexibility index (Phi) is 4.23. The molecule has 0 unspecified atom stereocenters. The third-order valence-corrected chi connectivity index (χ3v) is 0.611. The van der Waals surface area contributed by atoms with Crippen LogP contribution in [0.1, 0.15) is 6.92 Å². The summed E-state index contributed by atoms with van der Waals surface area (Å²) in [6, 6.07) is 0. The Bertz CT molecular complexity index is 130. The van der Waals surface area contributed by atoms with Gasteiger partial charge in [0, 0.05) is 6.92 Å². The number of hydrogen-bond donors (Lipinski definition) is 1. The van der Waals surface area contributed by atoms with Gasteiger partial charge in [0.15, 0.2) is 0 Å². The zero-order chi connectivity index (χ0) is 7.98. The van der Waals surface area contributed by atoms with E-state index in [1.165, 1.54) is 6.92 Å². The lowest BCUT2D eigenvalue weighted by Crippen LogP contribution is -2.13. The molecule has 58 valence electrons. The maximum Gasteiger partial charge on any atom is 0.334 e. The molecule has 0 aliphatic carbocycles. The van der Waals surface area contributed by atoms with Crippen molar-refractivity contribution in [3.05, 3.63) is 0 Å². The number of carbonyl (C=O) groups excluding carboxylic acids is 2. The molecule has 0 saturated heterocycles. The first-order valence-electron chi connectivity index (χ1n) is 2.56. The van der Waals surface area contributed by atoms with E-state index in [9.17, 15) is 9.59 Å². The van der Waals surface area contributed by atoms with E-state index in [2.05, 4.69) is 9.47 Å². The summed E-state index contributed by atoms with van der Waals surface area (Å²) in [5, 5.41) is 8.08. The molecule has 0 aliphatic heterocycles. The van der Waals surface area contributed by atoms with Gasteiger partial charge in [-0.15, -0.1) is 0 Å². The van der Waals surface area contributed by atoms with Crippen molar-refractivity contribution in [1.82, 2.24) is 0 Å². The van der Waals surface area contributed by atoms with Gasteiger partial charge in [0.25, 0.3) is 0 Å². The van der Waals surface area contributed by atoms with Crippen molar-refractivity contribution in [2.75, 3.05) is 13.4 Å². The molecule has 0 fully saturated rings. The van der Waals surface area contributed by atoms with Crippen LogP contribution in [0.5, 0.6) is 0 Å². The molecule has 0 radical (unpaired) electrons. The fraction of sp³-hybridized carbons (Fsp3) is 0.600. The molecule has 0 aromatic rings. The minimum atomic E-state index is -0.818. The van der Waals surface area contributed by atoms with Crippen LogP contribution in [0.4, 0.5) is 0 Å². The van der Waals surface area contributed by atoms with Crippen LogP contribution in [-0.4, -0.2) is 30.4 Å². The van der Waals surface area contributed by atoms with E-state index in [1.54, 1.807) is 0 Å². The summed E-state index contributed by atoms with van der Waals surface area (Å²) in [5.74, 6) is -1.35. The van der Waals surface area contributed by atoms with Crippen molar-refractivity contribution < 1.29 is 24.2 Å². The lowest BCUT2D eigenvalue weighted by atomic mass is 10.7. The van der Waals surface area contributed by atoms with Crippen molar-refractivity contribution in [2.24, 2.45) is 0 Å². The molecule has 5 heteroatoms. The largest absolute Gasteiger partial charge is 0.428 e. The SMILES string of the molecule is CC(=O)OCOC(=O)CO. The van der Waals surface area contributed by atoms with Gasteiger partial charge in [-0.1, -0.05) is 0 Å². The fourth-order valence-corrected chi connectivity index (χ4v) is 0.224. The molecule has 0 saturated carbocycles. The van der Waals surface area contributed by atoms with Crippen LogP contribution in [0.2, 0.25) is 0 Å². The average molecular weight is 148 g/mol. The van der Waals surface area contributed by atoms with Gasteiger partial charge < -0.3 is 14.6 Å². The lowest BCUT2D eigenvalue weighted by molar-refractivity contribution is -0.167. The second kappa shape index (κ2) is 4.75. The summed E-state index contributed by atoms with van der Waals surface area (Å²) in [4.78, 5) is 20.2. The van der Waals surface area contributed by atoms with Crippen molar-refractivity contribution in [1.29, 1.82) is 0 Å². The Balaban J connectivity index is 3.20. The zero-order valence-electron chi connectivity index (χ0n) is 5.49. The maximum atomic E-state index is 10.1. The molecule has 0 aromatic carbocycles. The predicted molar refractivity (Wildman–Crippen MR) is 29.8 cm³/mol. The molecule has 5 nitrogen and oxygen atoms in total. The Morgan fingerprint density at radius 3 is 2.40 bits per heavy atom.